The van der Waals surface area contributed by atoms with Crippen LogP contribution in [0, 0.1) is 0 Å². The molecule has 1 aliphatic heterocycles. The summed E-state index contributed by atoms with van der Waals surface area (Å²) >= 11 is 0. The van der Waals surface area contributed by atoms with Gasteiger partial charge < -0.3 is 10.0 Å². The fourth-order valence-corrected chi connectivity index (χ4v) is 2.23. The summed E-state index contributed by atoms with van der Waals surface area (Å²) in [5.74, 6) is -1.28. The van der Waals surface area contributed by atoms with E-state index in [-0.39, 0.29) is 0 Å². The average Bonchev–Trinajstić information content (AvgIpc) is 2.96. The van der Waals surface area contributed by atoms with E-state index in [4.69, 9.17) is 5.11 Å². The van der Waals surface area contributed by atoms with Crippen LogP contribution in [0.2, 0.25) is 0 Å². The van der Waals surface area contributed by atoms with Gasteiger partial charge in [-0.25, -0.2) is 0 Å². The highest BCUT2D eigenvalue weighted by Crippen LogP contribution is 2.23. The number of likely N-dealkylation sites (tertiary alicyclic amines) is 1. The summed E-state index contributed by atoms with van der Waals surface area (Å²) in [4.78, 5) is 13.3. The highest BCUT2D eigenvalue weighted by molar-refractivity contribution is 5.75. The van der Waals surface area contributed by atoms with E-state index in [0.29, 0.717) is 6.04 Å². The number of hydrogen-bond acceptors (Lipinski definition) is 3. The summed E-state index contributed by atoms with van der Waals surface area (Å²) < 4.78 is 1.92. The first kappa shape index (κ1) is 12.1. The maximum absolute atomic E-state index is 10.9. The summed E-state index contributed by atoms with van der Waals surface area (Å²) in [5.41, 5.74) is 0.785. The molecule has 2 heterocycles. The lowest BCUT2D eigenvalue weighted by Gasteiger charge is -2.13. The van der Waals surface area contributed by atoms with Crippen molar-refractivity contribution < 1.29 is 9.90 Å². The van der Waals surface area contributed by atoms with Crippen LogP contribution >= 0.6 is 0 Å². The van der Waals surface area contributed by atoms with Crippen molar-refractivity contribution in [2.45, 2.75) is 32.2 Å². The second-order valence-electron chi connectivity index (χ2n) is 4.65. The van der Waals surface area contributed by atoms with Crippen LogP contribution in [0.25, 0.3) is 0 Å². The lowest BCUT2D eigenvalue weighted by molar-refractivity contribution is -0.138. The first-order chi connectivity index (χ1) is 8.11. The van der Waals surface area contributed by atoms with E-state index in [1.165, 1.54) is 0 Å². The number of nitrogens with zero attached hydrogens (tertiary/aromatic N) is 3. The van der Waals surface area contributed by atoms with Crippen LogP contribution in [-0.2, 0) is 4.79 Å². The third-order valence-corrected chi connectivity index (χ3v) is 3.56. The predicted octanol–water partition coefficient (Wildman–Crippen LogP) is 1.34. The van der Waals surface area contributed by atoms with Gasteiger partial charge >= 0.3 is 5.97 Å². The normalized spacial score (nSPS) is 22.8. The van der Waals surface area contributed by atoms with Crippen LogP contribution in [0.1, 0.15) is 37.8 Å². The smallest absolute Gasteiger partial charge is 0.310 e. The highest BCUT2D eigenvalue weighted by Gasteiger charge is 2.24. The Morgan fingerprint density at radius 2 is 2.47 bits per heavy atom. The van der Waals surface area contributed by atoms with E-state index < -0.39 is 11.9 Å². The van der Waals surface area contributed by atoms with Gasteiger partial charge in [0, 0.05) is 24.8 Å². The molecular formula is C12H19N3O2. The fourth-order valence-electron chi connectivity index (χ4n) is 2.23. The van der Waals surface area contributed by atoms with Gasteiger partial charge in [-0.1, -0.05) is 6.92 Å². The molecule has 0 spiro atoms. The molecule has 5 nitrogen and oxygen atoms in total. The molecule has 5 heteroatoms. The summed E-state index contributed by atoms with van der Waals surface area (Å²) in [6, 6.07) is 0.393. The lowest BCUT2D eigenvalue weighted by atomic mass is 10.1. The first-order valence-electron chi connectivity index (χ1n) is 6.11. The van der Waals surface area contributed by atoms with Gasteiger partial charge in [0.05, 0.1) is 18.2 Å². The van der Waals surface area contributed by atoms with E-state index >= 15 is 0 Å². The van der Waals surface area contributed by atoms with Crippen molar-refractivity contribution in [1.29, 1.82) is 0 Å². The Balaban J connectivity index is 2.06. The van der Waals surface area contributed by atoms with Gasteiger partial charge in [-0.15, -0.1) is 0 Å². The molecule has 94 valence electrons. The number of rotatable bonds is 4. The highest BCUT2D eigenvalue weighted by atomic mass is 16.4. The zero-order chi connectivity index (χ0) is 12.4. The molecule has 1 aliphatic rings. The van der Waals surface area contributed by atoms with Crippen LogP contribution in [0.5, 0.6) is 0 Å². The van der Waals surface area contributed by atoms with Gasteiger partial charge in [-0.3, -0.25) is 9.48 Å². The second kappa shape index (κ2) is 4.87. The van der Waals surface area contributed by atoms with E-state index in [1.807, 2.05) is 10.9 Å². The van der Waals surface area contributed by atoms with Crippen molar-refractivity contribution in [1.82, 2.24) is 14.7 Å². The number of likely N-dealkylation sites (N-methyl/N-ethyl adjacent to an activating group) is 1. The molecule has 0 radical (unpaired) electrons. The molecule has 2 unspecified atom stereocenters. The topological polar surface area (TPSA) is 58.4 Å². The van der Waals surface area contributed by atoms with Crippen molar-refractivity contribution in [2.75, 3.05) is 19.6 Å². The third kappa shape index (κ3) is 2.49. The summed E-state index contributed by atoms with van der Waals surface area (Å²) in [6.45, 7) is 7.03. The molecule has 0 aliphatic carbocycles. The second-order valence-corrected chi connectivity index (χ2v) is 4.65. The van der Waals surface area contributed by atoms with Gasteiger partial charge in [0.2, 0.25) is 0 Å². The summed E-state index contributed by atoms with van der Waals surface area (Å²) in [5, 5.41) is 13.2. The lowest BCUT2D eigenvalue weighted by Crippen LogP contribution is -2.21. The largest absolute Gasteiger partial charge is 0.481 e. The molecule has 1 N–H and O–H groups in total. The van der Waals surface area contributed by atoms with E-state index in [2.05, 4.69) is 16.9 Å². The third-order valence-electron chi connectivity index (χ3n) is 3.56. The Morgan fingerprint density at radius 3 is 3.06 bits per heavy atom. The number of aliphatic carboxylic acids is 1. The maximum Gasteiger partial charge on any atom is 0.310 e. The van der Waals surface area contributed by atoms with Crippen LogP contribution in [0.4, 0.5) is 0 Å². The molecule has 17 heavy (non-hydrogen) atoms. The van der Waals surface area contributed by atoms with Gasteiger partial charge in [0.25, 0.3) is 0 Å². The Bertz CT molecular complexity index is 402. The SMILES string of the molecule is CCN1CCC(n2cc(C(C)C(=O)O)cn2)C1. The molecule has 2 rings (SSSR count). The van der Waals surface area contributed by atoms with Gasteiger partial charge in [-0.2, -0.15) is 5.10 Å². The van der Waals surface area contributed by atoms with Gasteiger partial charge in [0.1, 0.15) is 0 Å². The number of carboxylic acid groups (broad SMARTS) is 1. The minimum atomic E-state index is -0.800. The minimum absolute atomic E-state index is 0.393. The van der Waals surface area contributed by atoms with Crippen molar-refractivity contribution in [3.63, 3.8) is 0 Å². The van der Waals surface area contributed by atoms with Gasteiger partial charge in [-0.05, 0) is 19.9 Å². The minimum Gasteiger partial charge on any atom is -0.481 e. The van der Waals surface area contributed by atoms with Crippen molar-refractivity contribution >= 4 is 5.97 Å². The molecule has 2 atom stereocenters. The Labute approximate surface area is 101 Å². The van der Waals surface area contributed by atoms with Crippen molar-refractivity contribution in [3.05, 3.63) is 18.0 Å². The molecule has 1 fully saturated rings. The zero-order valence-corrected chi connectivity index (χ0v) is 10.3. The average molecular weight is 237 g/mol. The zero-order valence-electron chi connectivity index (χ0n) is 10.3. The molecule has 0 amide bonds. The Kier molecular flexibility index (Phi) is 3.47. The Hall–Kier alpha value is -1.36. The standard InChI is InChI=1S/C12H19N3O2/c1-3-14-5-4-11(8-14)15-7-10(6-13-15)9(2)12(16)17/h6-7,9,11H,3-5,8H2,1-2H3,(H,16,17). The summed E-state index contributed by atoms with van der Waals surface area (Å²) in [7, 11) is 0. The van der Waals surface area contributed by atoms with Gasteiger partial charge in [0.15, 0.2) is 0 Å². The number of aromatic nitrogens is 2. The molecule has 0 bridgehead atoms. The number of carbonyl (C=O) groups is 1. The quantitative estimate of drug-likeness (QED) is 0.858. The maximum atomic E-state index is 10.9. The van der Waals surface area contributed by atoms with E-state index in [1.54, 1.807) is 13.1 Å². The molecule has 1 aromatic heterocycles. The predicted molar refractivity (Wildman–Crippen MR) is 64.0 cm³/mol. The van der Waals surface area contributed by atoms with Crippen molar-refractivity contribution in [3.8, 4) is 0 Å². The first-order valence-corrected chi connectivity index (χ1v) is 6.11. The van der Waals surface area contributed by atoms with E-state index in [0.717, 1.165) is 31.6 Å². The van der Waals surface area contributed by atoms with Crippen molar-refractivity contribution in [2.24, 2.45) is 0 Å². The fraction of sp³-hybridized carbons (Fsp3) is 0.667. The number of carboxylic acids is 1. The molecule has 0 saturated carbocycles. The van der Waals surface area contributed by atoms with Crippen LogP contribution in [-0.4, -0.2) is 45.4 Å². The van der Waals surface area contributed by atoms with E-state index in [9.17, 15) is 4.79 Å². The molecule has 1 aromatic rings. The van der Waals surface area contributed by atoms with Crippen LogP contribution in [0.15, 0.2) is 12.4 Å². The molecule has 0 aromatic carbocycles. The molecule has 1 saturated heterocycles. The number of hydrogen-bond donors (Lipinski definition) is 1. The molecular weight excluding hydrogens is 218 g/mol. The van der Waals surface area contributed by atoms with Crippen LogP contribution < -0.4 is 0 Å². The summed E-state index contributed by atoms with van der Waals surface area (Å²) in [6.07, 6.45) is 4.65. The van der Waals surface area contributed by atoms with Crippen LogP contribution in [0.3, 0.4) is 0 Å². The monoisotopic (exact) mass is 237 g/mol. The Morgan fingerprint density at radius 1 is 1.71 bits per heavy atom.